The molecule has 0 aromatic carbocycles. The highest BCUT2D eigenvalue weighted by atomic mass is 16.5. The molecular weight excluding hydrogens is 198 g/mol. The molecule has 0 aromatic rings. The lowest BCUT2D eigenvalue weighted by Crippen LogP contribution is -2.49. The van der Waals surface area contributed by atoms with Crippen LogP contribution in [-0.4, -0.2) is 25.8 Å². The monoisotopic (exact) mass is 225 g/mol. The van der Waals surface area contributed by atoms with Gasteiger partial charge in [-0.1, -0.05) is 20.3 Å². The van der Waals surface area contributed by atoms with Crippen LogP contribution in [0.1, 0.15) is 52.4 Å². The molecule has 16 heavy (non-hydrogen) atoms. The molecule has 3 unspecified atom stereocenters. The molecular formula is C14H27NO. The first-order valence-corrected chi connectivity index (χ1v) is 7.13. The van der Waals surface area contributed by atoms with Crippen molar-refractivity contribution < 1.29 is 4.74 Å². The Morgan fingerprint density at radius 3 is 2.94 bits per heavy atom. The molecule has 2 heteroatoms. The second-order valence-electron chi connectivity index (χ2n) is 5.66. The predicted molar refractivity (Wildman–Crippen MR) is 67.6 cm³/mol. The van der Waals surface area contributed by atoms with E-state index in [0.29, 0.717) is 11.5 Å². The van der Waals surface area contributed by atoms with E-state index >= 15 is 0 Å². The first kappa shape index (κ1) is 12.4. The Labute approximate surface area is 100 Å². The molecule has 0 aliphatic carbocycles. The Morgan fingerprint density at radius 1 is 1.31 bits per heavy atom. The van der Waals surface area contributed by atoms with Crippen LogP contribution in [0.4, 0.5) is 0 Å². The van der Waals surface area contributed by atoms with Crippen molar-refractivity contribution in [1.82, 2.24) is 5.32 Å². The van der Waals surface area contributed by atoms with Gasteiger partial charge in [0, 0.05) is 6.61 Å². The van der Waals surface area contributed by atoms with Gasteiger partial charge in [0.1, 0.15) is 0 Å². The lowest BCUT2D eigenvalue weighted by atomic mass is 9.63. The zero-order chi connectivity index (χ0) is 11.4. The van der Waals surface area contributed by atoms with E-state index in [1.165, 1.54) is 51.6 Å². The van der Waals surface area contributed by atoms with E-state index in [0.717, 1.165) is 12.5 Å². The molecule has 0 bridgehead atoms. The fraction of sp³-hybridized carbons (Fsp3) is 1.00. The fourth-order valence-electron chi connectivity index (χ4n) is 3.69. The Balaban J connectivity index is 2.05. The predicted octanol–water partition coefficient (Wildman–Crippen LogP) is 2.97. The number of hydrogen-bond donors (Lipinski definition) is 1. The van der Waals surface area contributed by atoms with Crippen molar-refractivity contribution in [2.45, 2.75) is 58.5 Å². The van der Waals surface area contributed by atoms with Gasteiger partial charge in [0.25, 0.3) is 0 Å². The number of nitrogens with one attached hydrogen (secondary N) is 1. The summed E-state index contributed by atoms with van der Waals surface area (Å²) in [6.07, 6.45) is 8.43. The first-order valence-electron chi connectivity index (χ1n) is 7.13. The molecule has 1 spiro atoms. The van der Waals surface area contributed by atoms with Gasteiger partial charge in [-0.2, -0.15) is 0 Å². The van der Waals surface area contributed by atoms with Gasteiger partial charge < -0.3 is 10.1 Å². The summed E-state index contributed by atoms with van der Waals surface area (Å²) in [6, 6.07) is 0. The molecule has 0 aromatic heterocycles. The number of hydrogen-bond acceptors (Lipinski definition) is 2. The quantitative estimate of drug-likeness (QED) is 0.797. The van der Waals surface area contributed by atoms with Crippen LogP contribution in [0.2, 0.25) is 0 Å². The van der Waals surface area contributed by atoms with E-state index < -0.39 is 0 Å². The second-order valence-corrected chi connectivity index (χ2v) is 5.66. The average molecular weight is 225 g/mol. The SMILES string of the molecule is CCCC1CNCCC12CCOC(CC)C2. The number of rotatable bonds is 3. The van der Waals surface area contributed by atoms with Gasteiger partial charge in [0.05, 0.1) is 6.10 Å². The summed E-state index contributed by atoms with van der Waals surface area (Å²) in [5.41, 5.74) is 0.611. The summed E-state index contributed by atoms with van der Waals surface area (Å²) in [7, 11) is 0. The summed E-state index contributed by atoms with van der Waals surface area (Å²) in [4.78, 5) is 0. The number of piperidine rings is 1. The highest BCUT2D eigenvalue weighted by molar-refractivity contribution is 4.94. The average Bonchev–Trinajstić information content (AvgIpc) is 2.33. The largest absolute Gasteiger partial charge is 0.378 e. The minimum Gasteiger partial charge on any atom is -0.378 e. The molecule has 1 N–H and O–H groups in total. The molecule has 2 aliphatic heterocycles. The maximum absolute atomic E-state index is 5.86. The molecule has 2 heterocycles. The zero-order valence-corrected chi connectivity index (χ0v) is 10.9. The van der Waals surface area contributed by atoms with E-state index in [2.05, 4.69) is 19.2 Å². The second kappa shape index (κ2) is 5.50. The number of ether oxygens (including phenoxy) is 1. The van der Waals surface area contributed by atoms with E-state index in [-0.39, 0.29) is 0 Å². The van der Waals surface area contributed by atoms with Crippen LogP contribution >= 0.6 is 0 Å². The van der Waals surface area contributed by atoms with Crippen molar-refractivity contribution in [2.75, 3.05) is 19.7 Å². The Morgan fingerprint density at radius 2 is 2.19 bits per heavy atom. The molecule has 2 fully saturated rings. The van der Waals surface area contributed by atoms with Crippen molar-refractivity contribution in [1.29, 1.82) is 0 Å². The van der Waals surface area contributed by atoms with Gasteiger partial charge in [0.2, 0.25) is 0 Å². The van der Waals surface area contributed by atoms with Crippen LogP contribution < -0.4 is 5.32 Å². The topological polar surface area (TPSA) is 21.3 Å². The third-order valence-corrected chi connectivity index (χ3v) is 4.74. The van der Waals surface area contributed by atoms with Gasteiger partial charge in [-0.05, 0) is 56.5 Å². The molecule has 0 amide bonds. The molecule has 2 aliphatic rings. The first-order chi connectivity index (χ1) is 7.80. The van der Waals surface area contributed by atoms with Gasteiger partial charge >= 0.3 is 0 Å². The van der Waals surface area contributed by atoms with Gasteiger partial charge in [-0.3, -0.25) is 0 Å². The van der Waals surface area contributed by atoms with Crippen molar-refractivity contribution in [3.8, 4) is 0 Å². The van der Waals surface area contributed by atoms with Crippen molar-refractivity contribution in [2.24, 2.45) is 11.3 Å². The molecule has 2 nitrogen and oxygen atoms in total. The third kappa shape index (κ3) is 2.43. The van der Waals surface area contributed by atoms with Crippen molar-refractivity contribution in [3.63, 3.8) is 0 Å². The molecule has 2 rings (SSSR count). The smallest absolute Gasteiger partial charge is 0.0578 e. The van der Waals surface area contributed by atoms with Gasteiger partial charge in [-0.25, -0.2) is 0 Å². The summed E-state index contributed by atoms with van der Waals surface area (Å²) in [5, 5.41) is 3.58. The molecule has 94 valence electrons. The van der Waals surface area contributed by atoms with Crippen LogP contribution in [0.3, 0.4) is 0 Å². The molecule has 0 saturated carbocycles. The van der Waals surface area contributed by atoms with Crippen LogP contribution in [0.5, 0.6) is 0 Å². The highest BCUT2D eigenvalue weighted by Crippen LogP contribution is 2.46. The van der Waals surface area contributed by atoms with Crippen molar-refractivity contribution >= 4 is 0 Å². The Bertz CT molecular complexity index is 213. The molecule has 2 saturated heterocycles. The Hall–Kier alpha value is -0.0800. The standard InChI is InChI=1S/C14H27NO/c1-3-5-12-11-15-8-6-14(12)7-9-16-13(4-2)10-14/h12-13,15H,3-11H2,1-2H3. The summed E-state index contributed by atoms with van der Waals surface area (Å²) in [5.74, 6) is 0.893. The fourth-order valence-corrected chi connectivity index (χ4v) is 3.69. The van der Waals surface area contributed by atoms with E-state index in [9.17, 15) is 0 Å². The maximum Gasteiger partial charge on any atom is 0.0578 e. The summed E-state index contributed by atoms with van der Waals surface area (Å²) < 4.78 is 5.86. The van der Waals surface area contributed by atoms with Crippen LogP contribution in [0.25, 0.3) is 0 Å². The van der Waals surface area contributed by atoms with E-state index in [1.807, 2.05) is 0 Å². The van der Waals surface area contributed by atoms with Crippen LogP contribution in [-0.2, 0) is 4.74 Å². The van der Waals surface area contributed by atoms with Gasteiger partial charge in [-0.15, -0.1) is 0 Å². The minimum atomic E-state index is 0.534. The minimum absolute atomic E-state index is 0.534. The zero-order valence-electron chi connectivity index (χ0n) is 10.9. The lowest BCUT2D eigenvalue weighted by Gasteiger charge is -2.49. The van der Waals surface area contributed by atoms with Gasteiger partial charge in [0.15, 0.2) is 0 Å². The van der Waals surface area contributed by atoms with E-state index in [4.69, 9.17) is 4.74 Å². The molecule has 0 radical (unpaired) electrons. The third-order valence-electron chi connectivity index (χ3n) is 4.74. The normalized spacial score (nSPS) is 40.1. The molecule has 3 atom stereocenters. The van der Waals surface area contributed by atoms with Crippen molar-refractivity contribution in [3.05, 3.63) is 0 Å². The summed E-state index contributed by atoms with van der Waals surface area (Å²) >= 11 is 0. The van der Waals surface area contributed by atoms with Crippen LogP contribution in [0.15, 0.2) is 0 Å². The highest BCUT2D eigenvalue weighted by Gasteiger charge is 2.43. The van der Waals surface area contributed by atoms with Crippen LogP contribution in [0, 0.1) is 11.3 Å². The lowest BCUT2D eigenvalue weighted by molar-refractivity contribution is -0.0851. The van der Waals surface area contributed by atoms with E-state index in [1.54, 1.807) is 0 Å². The summed E-state index contributed by atoms with van der Waals surface area (Å²) in [6.45, 7) is 8.04. The Kier molecular flexibility index (Phi) is 4.26. The maximum atomic E-state index is 5.86.